The average Bonchev–Trinajstić information content (AvgIpc) is 2.61. The second-order valence-corrected chi connectivity index (χ2v) is 6.35. The van der Waals surface area contributed by atoms with Gasteiger partial charge in [0.15, 0.2) is 11.9 Å². The molecule has 1 fully saturated rings. The van der Waals surface area contributed by atoms with Crippen LogP contribution in [-0.2, 0) is 19.1 Å². The molecule has 9 nitrogen and oxygen atoms in total. The standard InChI is InChI=1S/C18H23NO8/c1-9(2)17(24)25-8-13-14(21)15(22)16(23)18(27-13)26-12-6-4-11(5-7-12)19-10(3)20/h4-9,14-16,18,21-23H,1-3H3,(H,19,20)/b13-8+/t14-,15?,16+,18+/m1/s1. The van der Waals surface area contributed by atoms with Gasteiger partial charge in [-0.3, -0.25) is 9.59 Å². The molecule has 1 aromatic carbocycles. The number of nitrogens with one attached hydrogen (secondary N) is 1. The van der Waals surface area contributed by atoms with E-state index in [2.05, 4.69) is 5.32 Å². The van der Waals surface area contributed by atoms with Crippen LogP contribution in [0.2, 0.25) is 0 Å². The van der Waals surface area contributed by atoms with Crippen molar-refractivity contribution in [2.24, 2.45) is 5.92 Å². The van der Waals surface area contributed by atoms with Crippen molar-refractivity contribution in [3.63, 3.8) is 0 Å². The average molecular weight is 381 g/mol. The number of amides is 1. The summed E-state index contributed by atoms with van der Waals surface area (Å²) >= 11 is 0. The summed E-state index contributed by atoms with van der Waals surface area (Å²) < 4.78 is 15.7. The maximum absolute atomic E-state index is 11.5. The van der Waals surface area contributed by atoms with E-state index in [0.29, 0.717) is 5.69 Å². The lowest BCUT2D eigenvalue weighted by Crippen LogP contribution is -2.53. The Morgan fingerprint density at radius 1 is 1.15 bits per heavy atom. The Morgan fingerprint density at radius 2 is 1.78 bits per heavy atom. The largest absolute Gasteiger partial charge is 0.452 e. The third-order valence-electron chi connectivity index (χ3n) is 3.69. The van der Waals surface area contributed by atoms with Gasteiger partial charge in [0, 0.05) is 12.6 Å². The molecule has 1 amide bonds. The Kier molecular flexibility index (Phi) is 6.78. The zero-order valence-electron chi connectivity index (χ0n) is 15.2. The van der Waals surface area contributed by atoms with Gasteiger partial charge in [-0.25, -0.2) is 0 Å². The van der Waals surface area contributed by atoms with E-state index < -0.39 is 36.5 Å². The third-order valence-corrected chi connectivity index (χ3v) is 3.69. The number of carbonyl (C=O) groups is 2. The number of aliphatic hydroxyl groups excluding tert-OH is 3. The van der Waals surface area contributed by atoms with Gasteiger partial charge in [0.2, 0.25) is 5.91 Å². The highest BCUT2D eigenvalue weighted by Crippen LogP contribution is 2.27. The molecule has 1 heterocycles. The predicted molar refractivity (Wildman–Crippen MR) is 93.3 cm³/mol. The Hall–Kier alpha value is -2.62. The minimum atomic E-state index is -1.61. The van der Waals surface area contributed by atoms with Gasteiger partial charge in [-0.1, -0.05) is 13.8 Å². The van der Waals surface area contributed by atoms with E-state index in [1.54, 1.807) is 26.0 Å². The molecule has 1 aliphatic heterocycles. The van der Waals surface area contributed by atoms with Crippen LogP contribution in [0.1, 0.15) is 20.8 Å². The van der Waals surface area contributed by atoms with Crippen LogP contribution in [0.25, 0.3) is 0 Å². The van der Waals surface area contributed by atoms with Crippen LogP contribution in [0.4, 0.5) is 5.69 Å². The fourth-order valence-electron chi connectivity index (χ4n) is 2.19. The summed E-state index contributed by atoms with van der Waals surface area (Å²) in [6, 6.07) is 6.22. The van der Waals surface area contributed by atoms with Gasteiger partial charge in [0.1, 0.15) is 24.2 Å². The molecule has 1 saturated heterocycles. The normalized spacial score (nSPS) is 26.4. The fraction of sp³-hybridized carbons (Fsp3) is 0.444. The van der Waals surface area contributed by atoms with Crippen molar-refractivity contribution in [1.29, 1.82) is 0 Å². The van der Waals surface area contributed by atoms with Crippen molar-refractivity contribution in [1.82, 2.24) is 0 Å². The first-order valence-corrected chi connectivity index (χ1v) is 8.34. The lowest BCUT2D eigenvalue weighted by Gasteiger charge is -2.36. The number of aliphatic hydroxyl groups is 3. The number of carbonyl (C=O) groups excluding carboxylic acids is 2. The highest BCUT2D eigenvalue weighted by atomic mass is 16.7. The first-order valence-electron chi connectivity index (χ1n) is 8.34. The molecule has 0 aromatic heterocycles. The second kappa shape index (κ2) is 8.85. The van der Waals surface area contributed by atoms with Crippen molar-refractivity contribution in [2.45, 2.75) is 45.4 Å². The highest BCUT2D eigenvalue weighted by molar-refractivity contribution is 5.88. The molecule has 1 unspecified atom stereocenters. The summed E-state index contributed by atoms with van der Waals surface area (Å²) in [5.74, 6) is -1.13. The summed E-state index contributed by atoms with van der Waals surface area (Å²) in [7, 11) is 0. The smallest absolute Gasteiger partial charge is 0.313 e. The molecular weight excluding hydrogens is 358 g/mol. The van der Waals surface area contributed by atoms with Gasteiger partial charge >= 0.3 is 5.97 Å². The first kappa shape index (κ1) is 20.7. The highest BCUT2D eigenvalue weighted by Gasteiger charge is 2.43. The van der Waals surface area contributed by atoms with Gasteiger partial charge in [0.25, 0.3) is 6.29 Å². The summed E-state index contributed by atoms with van der Waals surface area (Å²) in [4.78, 5) is 22.6. The van der Waals surface area contributed by atoms with Crippen LogP contribution >= 0.6 is 0 Å². The molecule has 148 valence electrons. The van der Waals surface area contributed by atoms with Crippen molar-refractivity contribution in [2.75, 3.05) is 5.32 Å². The van der Waals surface area contributed by atoms with Gasteiger partial charge in [-0.05, 0) is 24.3 Å². The summed E-state index contributed by atoms with van der Waals surface area (Å²) in [6.45, 7) is 4.64. The van der Waals surface area contributed by atoms with E-state index in [-0.39, 0.29) is 17.4 Å². The molecule has 0 bridgehead atoms. The van der Waals surface area contributed by atoms with Gasteiger partial charge in [0.05, 0.1) is 5.92 Å². The number of anilines is 1. The Morgan fingerprint density at radius 3 is 2.33 bits per heavy atom. The number of hydrogen-bond acceptors (Lipinski definition) is 8. The Labute approximate surface area is 156 Å². The number of esters is 1. The summed E-state index contributed by atoms with van der Waals surface area (Å²) in [5.41, 5.74) is 0.552. The fourth-order valence-corrected chi connectivity index (χ4v) is 2.19. The number of rotatable bonds is 5. The van der Waals surface area contributed by atoms with Crippen LogP contribution < -0.4 is 10.1 Å². The maximum atomic E-state index is 11.5. The van der Waals surface area contributed by atoms with E-state index in [9.17, 15) is 24.9 Å². The molecule has 4 atom stereocenters. The van der Waals surface area contributed by atoms with Gasteiger partial charge in [-0.15, -0.1) is 0 Å². The molecule has 4 N–H and O–H groups in total. The minimum Gasteiger partial charge on any atom is -0.452 e. The van der Waals surface area contributed by atoms with Crippen molar-refractivity contribution in [3.05, 3.63) is 36.3 Å². The Bertz CT molecular complexity index is 700. The van der Waals surface area contributed by atoms with Crippen LogP contribution in [0.3, 0.4) is 0 Å². The SMILES string of the molecule is CC(=O)Nc1ccc(O[C@H]2O/C(=C/OC(=O)C(C)C)[C@@H](O)C(O)[C@@H]2O)cc1. The van der Waals surface area contributed by atoms with Crippen molar-refractivity contribution < 1.29 is 39.1 Å². The second-order valence-electron chi connectivity index (χ2n) is 6.35. The molecule has 9 heteroatoms. The third kappa shape index (κ3) is 5.43. The molecule has 0 radical (unpaired) electrons. The topological polar surface area (TPSA) is 135 Å². The first-order chi connectivity index (χ1) is 12.7. The monoisotopic (exact) mass is 381 g/mol. The van der Waals surface area contributed by atoms with Crippen molar-refractivity contribution in [3.8, 4) is 5.75 Å². The summed E-state index contributed by atoms with van der Waals surface area (Å²) in [6.07, 6.45) is -5.20. The zero-order valence-corrected chi connectivity index (χ0v) is 15.2. The van der Waals surface area contributed by atoms with E-state index in [1.165, 1.54) is 19.1 Å². The number of hydrogen-bond donors (Lipinski definition) is 4. The van der Waals surface area contributed by atoms with E-state index in [0.717, 1.165) is 6.26 Å². The molecule has 0 aliphatic carbocycles. The van der Waals surface area contributed by atoms with Crippen LogP contribution in [0, 0.1) is 5.92 Å². The molecule has 2 rings (SSSR count). The molecule has 1 aromatic rings. The van der Waals surface area contributed by atoms with Crippen molar-refractivity contribution >= 4 is 17.6 Å². The zero-order chi connectivity index (χ0) is 20.1. The number of ether oxygens (including phenoxy) is 3. The van der Waals surface area contributed by atoms with Crippen LogP contribution in [-0.4, -0.2) is 51.8 Å². The number of benzene rings is 1. The summed E-state index contributed by atoms with van der Waals surface area (Å²) in [5, 5.41) is 32.6. The molecule has 1 aliphatic rings. The van der Waals surface area contributed by atoms with E-state index >= 15 is 0 Å². The van der Waals surface area contributed by atoms with Gasteiger partial charge in [-0.2, -0.15) is 0 Å². The lowest BCUT2D eigenvalue weighted by atomic mass is 10.0. The van der Waals surface area contributed by atoms with Gasteiger partial charge < -0.3 is 34.8 Å². The minimum absolute atomic E-state index is 0.225. The molecule has 0 saturated carbocycles. The molecule has 27 heavy (non-hydrogen) atoms. The van der Waals surface area contributed by atoms with E-state index in [4.69, 9.17) is 14.2 Å². The Balaban J connectivity index is 2.09. The quantitative estimate of drug-likeness (QED) is 0.428. The van der Waals surface area contributed by atoms with Crippen LogP contribution in [0.5, 0.6) is 5.75 Å². The van der Waals surface area contributed by atoms with Crippen LogP contribution in [0.15, 0.2) is 36.3 Å². The molecular formula is C18H23NO8. The lowest BCUT2D eigenvalue weighted by molar-refractivity contribution is -0.215. The van der Waals surface area contributed by atoms with E-state index in [1.807, 2.05) is 0 Å². The molecule has 0 spiro atoms. The maximum Gasteiger partial charge on any atom is 0.313 e. The predicted octanol–water partition coefficient (Wildman–Crippen LogP) is 0.503.